The summed E-state index contributed by atoms with van der Waals surface area (Å²) < 4.78 is 0. The fourth-order valence-corrected chi connectivity index (χ4v) is 3.00. The fourth-order valence-electron chi connectivity index (χ4n) is 3.00. The second-order valence-corrected chi connectivity index (χ2v) is 6.84. The summed E-state index contributed by atoms with van der Waals surface area (Å²) >= 11 is 0. The molecule has 1 heterocycles. The van der Waals surface area contributed by atoms with Crippen LogP contribution in [0.3, 0.4) is 0 Å². The molecule has 4 unspecified atom stereocenters. The van der Waals surface area contributed by atoms with Crippen molar-refractivity contribution in [1.29, 1.82) is 0 Å². The Morgan fingerprint density at radius 2 is 2.00 bits per heavy atom. The van der Waals surface area contributed by atoms with Gasteiger partial charge in [0.25, 0.3) is 0 Å². The quantitative estimate of drug-likeness (QED) is 0.775. The van der Waals surface area contributed by atoms with Gasteiger partial charge < -0.3 is 5.32 Å². The standard InChI is InChI=1S/C14H28N2/c1-6-11-7-12(11)16-9-13(14(3,4)5)15-8-10(16)2/h10-13,15H,6-9H2,1-5H3. The molecule has 0 spiro atoms. The molecule has 2 rings (SSSR count). The SMILES string of the molecule is CCC1CC1N1CC(C(C)(C)C)NCC1C. The normalized spacial score (nSPS) is 41.1. The van der Waals surface area contributed by atoms with Gasteiger partial charge in [-0.25, -0.2) is 0 Å². The molecule has 2 heteroatoms. The minimum atomic E-state index is 0.384. The topological polar surface area (TPSA) is 15.3 Å². The van der Waals surface area contributed by atoms with Crippen LogP contribution in [0.4, 0.5) is 0 Å². The Labute approximate surface area is 101 Å². The molecule has 16 heavy (non-hydrogen) atoms. The number of nitrogens with zero attached hydrogens (tertiary/aromatic N) is 1. The maximum absolute atomic E-state index is 3.71. The molecule has 0 radical (unpaired) electrons. The van der Waals surface area contributed by atoms with Crippen LogP contribution < -0.4 is 5.32 Å². The molecule has 94 valence electrons. The Bertz CT molecular complexity index is 244. The number of rotatable bonds is 2. The maximum Gasteiger partial charge on any atom is 0.0244 e. The Hall–Kier alpha value is -0.0800. The van der Waals surface area contributed by atoms with Gasteiger partial charge in [0.05, 0.1) is 0 Å². The predicted octanol–water partition coefficient (Wildman–Crippen LogP) is 2.49. The average Bonchev–Trinajstić information content (AvgIpc) is 2.95. The molecule has 1 saturated carbocycles. The van der Waals surface area contributed by atoms with Gasteiger partial charge in [0.1, 0.15) is 0 Å². The molecule has 2 nitrogen and oxygen atoms in total. The van der Waals surface area contributed by atoms with Crippen LogP contribution in [0.25, 0.3) is 0 Å². The van der Waals surface area contributed by atoms with E-state index in [0.29, 0.717) is 11.5 Å². The fraction of sp³-hybridized carbons (Fsp3) is 1.00. The van der Waals surface area contributed by atoms with Crippen LogP contribution in [0, 0.1) is 11.3 Å². The van der Waals surface area contributed by atoms with Crippen LogP contribution in [0.1, 0.15) is 47.5 Å². The van der Waals surface area contributed by atoms with Crippen molar-refractivity contribution in [3.63, 3.8) is 0 Å². The van der Waals surface area contributed by atoms with E-state index in [1.807, 2.05) is 0 Å². The van der Waals surface area contributed by atoms with Gasteiger partial charge in [-0.15, -0.1) is 0 Å². The molecular formula is C14H28N2. The molecule has 1 aliphatic heterocycles. The lowest BCUT2D eigenvalue weighted by atomic mass is 9.84. The minimum Gasteiger partial charge on any atom is -0.311 e. The highest BCUT2D eigenvalue weighted by Crippen LogP contribution is 2.40. The second kappa shape index (κ2) is 4.30. The van der Waals surface area contributed by atoms with Gasteiger partial charge >= 0.3 is 0 Å². The van der Waals surface area contributed by atoms with Gasteiger partial charge in [0.2, 0.25) is 0 Å². The molecule has 0 aromatic rings. The van der Waals surface area contributed by atoms with Crippen LogP contribution in [0.2, 0.25) is 0 Å². The Kier molecular flexibility index (Phi) is 3.33. The molecule has 1 N–H and O–H groups in total. The predicted molar refractivity (Wildman–Crippen MR) is 69.6 cm³/mol. The van der Waals surface area contributed by atoms with Crippen LogP contribution in [0.15, 0.2) is 0 Å². The zero-order valence-electron chi connectivity index (χ0n) is 11.6. The van der Waals surface area contributed by atoms with Gasteiger partial charge in [0, 0.05) is 31.2 Å². The summed E-state index contributed by atoms with van der Waals surface area (Å²) in [6.07, 6.45) is 2.80. The lowest BCUT2D eigenvalue weighted by molar-refractivity contribution is 0.0827. The van der Waals surface area contributed by atoms with Crippen molar-refractivity contribution in [2.75, 3.05) is 13.1 Å². The lowest BCUT2D eigenvalue weighted by Gasteiger charge is -2.44. The number of piperazine rings is 1. The van der Waals surface area contributed by atoms with E-state index in [1.54, 1.807) is 0 Å². The highest BCUT2D eigenvalue weighted by molar-refractivity contribution is 5.01. The van der Waals surface area contributed by atoms with E-state index < -0.39 is 0 Å². The zero-order valence-corrected chi connectivity index (χ0v) is 11.6. The molecule has 2 aliphatic rings. The highest BCUT2D eigenvalue weighted by Gasteiger charge is 2.45. The smallest absolute Gasteiger partial charge is 0.0244 e. The molecule has 0 aromatic heterocycles. The molecule has 1 saturated heterocycles. The van der Waals surface area contributed by atoms with Crippen LogP contribution in [-0.2, 0) is 0 Å². The molecule has 0 aromatic carbocycles. The van der Waals surface area contributed by atoms with Gasteiger partial charge in [-0.1, -0.05) is 34.1 Å². The van der Waals surface area contributed by atoms with Crippen LogP contribution in [0.5, 0.6) is 0 Å². The van der Waals surface area contributed by atoms with Crippen molar-refractivity contribution in [3.05, 3.63) is 0 Å². The van der Waals surface area contributed by atoms with E-state index in [1.165, 1.54) is 19.4 Å². The molecule has 0 bridgehead atoms. The summed E-state index contributed by atoms with van der Waals surface area (Å²) in [5, 5.41) is 3.71. The lowest BCUT2D eigenvalue weighted by Crippen LogP contribution is -2.60. The Balaban J connectivity index is 1.96. The third-order valence-corrected chi connectivity index (χ3v) is 4.50. The Morgan fingerprint density at radius 1 is 1.31 bits per heavy atom. The van der Waals surface area contributed by atoms with Crippen LogP contribution >= 0.6 is 0 Å². The monoisotopic (exact) mass is 224 g/mol. The van der Waals surface area contributed by atoms with E-state index in [9.17, 15) is 0 Å². The van der Waals surface area contributed by atoms with Crippen molar-refractivity contribution in [2.24, 2.45) is 11.3 Å². The van der Waals surface area contributed by atoms with Crippen molar-refractivity contribution in [1.82, 2.24) is 10.2 Å². The van der Waals surface area contributed by atoms with Crippen LogP contribution in [-0.4, -0.2) is 36.1 Å². The summed E-state index contributed by atoms with van der Waals surface area (Å²) in [6.45, 7) is 14.2. The second-order valence-electron chi connectivity index (χ2n) is 6.84. The Morgan fingerprint density at radius 3 is 2.50 bits per heavy atom. The van der Waals surface area contributed by atoms with Crippen molar-refractivity contribution in [3.8, 4) is 0 Å². The minimum absolute atomic E-state index is 0.384. The largest absolute Gasteiger partial charge is 0.311 e. The summed E-state index contributed by atoms with van der Waals surface area (Å²) in [5.41, 5.74) is 0.384. The van der Waals surface area contributed by atoms with Crippen molar-refractivity contribution < 1.29 is 0 Å². The zero-order chi connectivity index (χ0) is 11.9. The number of nitrogens with one attached hydrogen (secondary N) is 1. The van der Waals surface area contributed by atoms with E-state index in [2.05, 4.69) is 44.8 Å². The molecule has 2 fully saturated rings. The summed E-state index contributed by atoms with van der Waals surface area (Å²) in [6, 6.07) is 2.27. The van der Waals surface area contributed by atoms with E-state index >= 15 is 0 Å². The third-order valence-electron chi connectivity index (χ3n) is 4.50. The van der Waals surface area contributed by atoms with Gasteiger partial charge in [-0.05, 0) is 24.7 Å². The number of hydrogen-bond donors (Lipinski definition) is 1. The summed E-state index contributed by atoms with van der Waals surface area (Å²) in [7, 11) is 0. The van der Waals surface area contributed by atoms with Gasteiger partial charge in [0.15, 0.2) is 0 Å². The van der Waals surface area contributed by atoms with Crippen molar-refractivity contribution in [2.45, 2.75) is 65.6 Å². The molecule has 1 aliphatic carbocycles. The maximum atomic E-state index is 3.71. The summed E-state index contributed by atoms with van der Waals surface area (Å²) in [4.78, 5) is 2.76. The first-order chi connectivity index (χ1) is 7.43. The average molecular weight is 224 g/mol. The van der Waals surface area contributed by atoms with Gasteiger partial charge in [-0.2, -0.15) is 0 Å². The van der Waals surface area contributed by atoms with E-state index in [0.717, 1.165) is 24.5 Å². The highest BCUT2D eigenvalue weighted by atomic mass is 15.3. The molecular weight excluding hydrogens is 196 g/mol. The van der Waals surface area contributed by atoms with Gasteiger partial charge in [-0.3, -0.25) is 4.90 Å². The molecule has 0 amide bonds. The third kappa shape index (κ3) is 2.43. The van der Waals surface area contributed by atoms with E-state index in [4.69, 9.17) is 0 Å². The first-order valence-corrected chi connectivity index (χ1v) is 6.92. The first-order valence-electron chi connectivity index (χ1n) is 6.92. The summed E-state index contributed by atoms with van der Waals surface area (Å²) in [5.74, 6) is 0.987. The number of hydrogen-bond acceptors (Lipinski definition) is 2. The van der Waals surface area contributed by atoms with Crippen molar-refractivity contribution >= 4 is 0 Å². The van der Waals surface area contributed by atoms with E-state index in [-0.39, 0.29) is 0 Å². The molecule has 4 atom stereocenters. The first kappa shape index (κ1) is 12.4.